The van der Waals surface area contributed by atoms with Gasteiger partial charge in [-0.05, 0) is 35.9 Å². The lowest BCUT2D eigenvalue weighted by Crippen LogP contribution is -2.27. The van der Waals surface area contributed by atoms with Crippen molar-refractivity contribution in [2.24, 2.45) is 0 Å². The van der Waals surface area contributed by atoms with Crippen molar-refractivity contribution >= 4 is 74.2 Å². The van der Waals surface area contributed by atoms with Crippen LogP contribution in [0.25, 0.3) is 17.0 Å². The number of rotatable bonds is 5. The first kappa shape index (κ1) is 22.3. The van der Waals surface area contributed by atoms with Gasteiger partial charge in [0.2, 0.25) is 0 Å². The van der Waals surface area contributed by atoms with E-state index in [0.29, 0.717) is 26.5 Å². The number of hydrogen-bond acceptors (Lipinski definition) is 5. The number of fused-ring (bicyclic) bond motifs is 1. The zero-order chi connectivity index (χ0) is 23.8. The van der Waals surface area contributed by atoms with Crippen molar-refractivity contribution < 1.29 is 9.72 Å². The molecule has 1 fully saturated rings. The van der Waals surface area contributed by atoms with Crippen LogP contribution < -0.4 is 4.90 Å². The van der Waals surface area contributed by atoms with Gasteiger partial charge in [-0.3, -0.25) is 19.8 Å². The topological polar surface area (TPSA) is 68.4 Å². The van der Waals surface area contributed by atoms with Gasteiger partial charge in [-0.15, -0.1) is 0 Å². The molecule has 3 aromatic carbocycles. The molecule has 0 N–H and O–H groups in total. The van der Waals surface area contributed by atoms with Gasteiger partial charge in [0.25, 0.3) is 11.6 Å². The molecule has 9 heteroatoms. The van der Waals surface area contributed by atoms with Gasteiger partial charge in [-0.1, -0.05) is 72.0 Å². The number of thiocarbonyl (C=S) groups is 1. The van der Waals surface area contributed by atoms with Gasteiger partial charge >= 0.3 is 0 Å². The van der Waals surface area contributed by atoms with Crippen molar-refractivity contribution in [1.29, 1.82) is 0 Å². The lowest BCUT2D eigenvalue weighted by atomic mass is 10.1. The highest BCUT2D eigenvalue weighted by molar-refractivity contribution is 8.27. The molecular weight excluding hydrogens is 490 g/mol. The number of halogens is 1. The van der Waals surface area contributed by atoms with E-state index in [1.807, 2.05) is 60.8 Å². The van der Waals surface area contributed by atoms with E-state index >= 15 is 0 Å². The standard InChI is InChI=1S/C25H16ClN3O3S2/c26-18-10-8-16(9-11-18)14-27-15-17(21-6-1-2-7-22(21)27)12-23-24(30)28(25(33)34-23)19-4-3-5-20(13-19)29(31)32/h1-13,15H,14H2/b23-12+. The quantitative estimate of drug-likeness (QED) is 0.131. The Hall–Kier alpha value is -3.46. The van der Waals surface area contributed by atoms with E-state index < -0.39 is 4.92 Å². The highest BCUT2D eigenvalue weighted by Crippen LogP contribution is 2.38. The van der Waals surface area contributed by atoms with Gasteiger partial charge in [0.1, 0.15) is 0 Å². The molecule has 0 saturated carbocycles. The summed E-state index contributed by atoms with van der Waals surface area (Å²) >= 11 is 12.6. The molecule has 1 aliphatic heterocycles. The molecule has 6 nitrogen and oxygen atoms in total. The van der Waals surface area contributed by atoms with Crippen LogP contribution in [0.15, 0.2) is 83.9 Å². The van der Waals surface area contributed by atoms with Crippen LogP contribution in [-0.2, 0) is 11.3 Å². The summed E-state index contributed by atoms with van der Waals surface area (Å²) in [5.74, 6) is -0.301. The average Bonchev–Trinajstić information content (AvgIpc) is 3.31. The van der Waals surface area contributed by atoms with Crippen LogP contribution in [0.5, 0.6) is 0 Å². The molecule has 0 spiro atoms. The van der Waals surface area contributed by atoms with Crippen molar-refractivity contribution in [2.75, 3.05) is 4.90 Å². The fraction of sp³-hybridized carbons (Fsp3) is 0.0400. The van der Waals surface area contributed by atoms with Crippen molar-refractivity contribution in [2.45, 2.75) is 6.54 Å². The number of nitro benzene ring substituents is 1. The van der Waals surface area contributed by atoms with Crippen LogP contribution in [-0.4, -0.2) is 19.7 Å². The van der Waals surface area contributed by atoms with E-state index in [0.717, 1.165) is 22.0 Å². The molecule has 0 aliphatic carbocycles. The highest BCUT2D eigenvalue weighted by atomic mass is 35.5. The van der Waals surface area contributed by atoms with E-state index in [1.54, 1.807) is 12.1 Å². The molecule has 0 atom stereocenters. The van der Waals surface area contributed by atoms with Crippen molar-refractivity contribution in [1.82, 2.24) is 4.57 Å². The second-order valence-corrected chi connectivity index (χ2v) is 9.76. The van der Waals surface area contributed by atoms with Crippen molar-refractivity contribution in [3.05, 3.63) is 110 Å². The predicted molar refractivity (Wildman–Crippen MR) is 141 cm³/mol. The smallest absolute Gasteiger partial charge is 0.271 e. The van der Waals surface area contributed by atoms with Crippen LogP contribution in [0.4, 0.5) is 11.4 Å². The Bertz CT molecular complexity index is 1500. The third kappa shape index (κ3) is 4.23. The monoisotopic (exact) mass is 505 g/mol. The van der Waals surface area contributed by atoms with Crippen molar-refractivity contribution in [3.8, 4) is 0 Å². The van der Waals surface area contributed by atoms with E-state index in [4.69, 9.17) is 23.8 Å². The number of carbonyl (C=O) groups is 1. The summed E-state index contributed by atoms with van der Waals surface area (Å²) in [6, 6.07) is 21.6. The molecule has 1 aliphatic rings. The number of non-ortho nitro benzene ring substituents is 1. The summed E-state index contributed by atoms with van der Waals surface area (Å²) < 4.78 is 2.47. The maximum absolute atomic E-state index is 13.2. The number of para-hydroxylation sites is 1. The third-order valence-corrected chi connectivity index (χ3v) is 7.02. The van der Waals surface area contributed by atoms with Gasteiger partial charge in [-0.2, -0.15) is 0 Å². The number of carbonyl (C=O) groups excluding carboxylic acids is 1. The zero-order valence-corrected chi connectivity index (χ0v) is 19.9. The first-order valence-electron chi connectivity index (χ1n) is 10.3. The summed E-state index contributed by atoms with van der Waals surface area (Å²) in [4.78, 5) is 25.7. The van der Waals surface area contributed by atoms with Gasteiger partial charge in [0.05, 0.1) is 15.5 Å². The summed E-state index contributed by atoms with van der Waals surface area (Å²) in [5.41, 5.74) is 3.32. The largest absolute Gasteiger partial charge is 0.342 e. The van der Waals surface area contributed by atoms with E-state index in [1.165, 1.54) is 28.8 Å². The number of aromatic nitrogens is 1. The highest BCUT2D eigenvalue weighted by Gasteiger charge is 2.34. The van der Waals surface area contributed by atoms with Gasteiger partial charge in [0.15, 0.2) is 4.32 Å². The molecule has 0 bridgehead atoms. The van der Waals surface area contributed by atoms with Gasteiger partial charge < -0.3 is 4.57 Å². The minimum Gasteiger partial charge on any atom is -0.342 e. The lowest BCUT2D eigenvalue weighted by molar-refractivity contribution is -0.384. The Balaban J connectivity index is 1.50. The summed E-state index contributed by atoms with van der Waals surface area (Å²) in [7, 11) is 0. The van der Waals surface area contributed by atoms with Gasteiger partial charge in [0, 0.05) is 46.4 Å². The van der Waals surface area contributed by atoms with E-state index in [-0.39, 0.29) is 11.6 Å². The normalized spacial score (nSPS) is 15.0. The molecule has 2 heterocycles. The molecule has 0 unspecified atom stereocenters. The second-order valence-electron chi connectivity index (χ2n) is 7.65. The minimum absolute atomic E-state index is 0.0965. The fourth-order valence-electron chi connectivity index (χ4n) is 3.88. The first-order chi connectivity index (χ1) is 16.4. The third-order valence-electron chi connectivity index (χ3n) is 5.46. The number of benzene rings is 3. The Kier molecular flexibility index (Phi) is 5.95. The number of nitro groups is 1. The molecule has 34 heavy (non-hydrogen) atoms. The Morgan fingerprint density at radius 3 is 2.59 bits per heavy atom. The average molecular weight is 506 g/mol. The molecule has 4 aromatic rings. The van der Waals surface area contributed by atoms with Crippen molar-refractivity contribution in [3.63, 3.8) is 0 Å². The zero-order valence-electron chi connectivity index (χ0n) is 17.6. The minimum atomic E-state index is -0.494. The Morgan fingerprint density at radius 1 is 1.06 bits per heavy atom. The predicted octanol–water partition coefficient (Wildman–Crippen LogP) is 6.66. The van der Waals surface area contributed by atoms with Crippen LogP contribution in [0, 0.1) is 10.1 Å². The Labute approximate surface area is 209 Å². The summed E-state index contributed by atoms with van der Waals surface area (Å²) in [6.45, 7) is 0.653. The number of amides is 1. The molecule has 0 radical (unpaired) electrons. The van der Waals surface area contributed by atoms with Crippen LogP contribution >= 0.6 is 35.6 Å². The number of thioether (sulfide) groups is 1. The molecule has 1 amide bonds. The summed E-state index contributed by atoms with van der Waals surface area (Å²) in [5, 5.41) is 12.9. The van der Waals surface area contributed by atoms with E-state index in [2.05, 4.69) is 4.57 Å². The van der Waals surface area contributed by atoms with E-state index in [9.17, 15) is 14.9 Å². The molecule has 1 saturated heterocycles. The SMILES string of the molecule is O=C1/C(=C\c2cn(Cc3ccc(Cl)cc3)c3ccccc23)SC(=S)N1c1cccc([N+](=O)[O-])c1. The van der Waals surface area contributed by atoms with Crippen LogP contribution in [0.3, 0.4) is 0 Å². The number of anilines is 1. The number of hydrogen-bond donors (Lipinski definition) is 0. The first-order valence-corrected chi connectivity index (χ1v) is 11.9. The second kappa shape index (κ2) is 9.06. The Morgan fingerprint density at radius 2 is 1.82 bits per heavy atom. The van der Waals surface area contributed by atoms with Crippen LogP contribution in [0.2, 0.25) is 5.02 Å². The molecule has 1 aromatic heterocycles. The molecule has 5 rings (SSSR count). The number of nitrogens with zero attached hydrogens (tertiary/aromatic N) is 3. The van der Waals surface area contributed by atoms with Crippen LogP contribution in [0.1, 0.15) is 11.1 Å². The summed E-state index contributed by atoms with van der Waals surface area (Å²) in [6.07, 6.45) is 3.84. The lowest BCUT2D eigenvalue weighted by Gasteiger charge is -2.13. The van der Waals surface area contributed by atoms with Gasteiger partial charge in [-0.25, -0.2) is 0 Å². The molecular formula is C25H16ClN3O3S2. The maximum Gasteiger partial charge on any atom is 0.271 e. The fourth-order valence-corrected chi connectivity index (χ4v) is 5.30. The maximum atomic E-state index is 13.2. The molecule has 168 valence electrons.